The predicted octanol–water partition coefficient (Wildman–Crippen LogP) is 2.87. The smallest absolute Gasteiger partial charge is 0.0803 e. The first kappa shape index (κ1) is 11.1. The van der Waals surface area contributed by atoms with Crippen LogP contribution in [0.15, 0.2) is 12.1 Å². The summed E-state index contributed by atoms with van der Waals surface area (Å²) in [5.41, 5.74) is 6.26. The summed E-state index contributed by atoms with van der Waals surface area (Å²) < 4.78 is 5.77. The van der Waals surface area contributed by atoms with E-state index in [2.05, 4.69) is 19.1 Å². The molecule has 2 N–H and O–H groups in total. The van der Waals surface area contributed by atoms with Gasteiger partial charge in [-0.15, -0.1) is 11.3 Å². The van der Waals surface area contributed by atoms with E-state index in [-0.39, 0.29) is 12.1 Å². The fraction of sp³-hybridized carbons (Fsp3) is 0.667. The maximum atomic E-state index is 6.26. The summed E-state index contributed by atoms with van der Waals surface area (Å²) >= 11 is 1.79. The molecule has 0 amide bonds. The van der Waals surface area contributed by atoms with Gasteiger partial charge in [0.25, 0.3) is 0 Å². The van der Waals surface area contributed by atoms with Gasteiger partial charge in [0, 0.05) is 16.4 Å². The van der Waals surface area contributed by atoms with E-state index in [1.807, 2.05) is 6.92 Å². The van der Waals surface area contributed by atoms with Crippen LogP contribution in [0.1, 0.15) is 35.6 Å². The molecule has 1 aliphatic rings. The molecule has 15 heavy (non-hydrogen) atoms. The molecule has 1 aliphatic carbocycles. The molecule has 3 heteroatoms. The van der Waals surface area contributed by atoms with Crippen molar-refractivity contribution < 1.29 is 4.74 Å². The van der Waals surface area contributed by atoms with Crippen molar-refractivity contribution in [1.29, 1.82) is 0 Å². The van der Waals surface area contributed by atoms with E-state index in [4.69, 9.17) is 10.5 Å². The van der Waals surface area contributed by atoms with E-state index >= 15 is 0 Å². The van der Waals surface area contributed by atoms with Gasteiger partial charge in [-0.05, 0) is 44.7 Å². The maximum Gasteiger partial charge on any atom is 0.0803 e. The number of nitrogens with two attached hydrogens (primary N) is 1. The number of aryl methyl sites for hydroxylation is 1. The maximum absolute atomic E-state index is 6.26. The Morgan fingerprint density at radius 3 is 2.73 bits per heavy atom. The normalized spacial score (nSPS) is 20.2. The van der Waals surface area contributed by atoms with Crippen LogP contribution in [0.2, 0.25) is 0 Å². The second-order valence-corrected chi connectivity index (χ2v) is 5.55. The van der Waals surface area contributed by atoms with Crippen molar-refractivity contribution in [2.24, 2.45) is 11.7 Å². The standard InChI is InChI=1S/C12H19NOS/c1-3-14-12(9-5-6-9)11(13)10-7-4-8(2)15-10/h4,7,9,11-12H,3,5-6,13H2,1-2H3. The summed E-state index contributed by atoms with van der Waals surface area (Å²) in [6, 6.07) is 4.34. The molecule has 1 saturated carbocycles. The summed E-state index contributed by atoms with van der Waals surface area (Å²) in [5, 5.41) is 0. The number of hydrogen-bond donors (Lipinski definition) is 1. The third kappa shape index (κ3) is 2.60. The van der Waals surface area contributed by atoms with Gasteiger partial charge < -0.3 is 10.5 Å². The third-order valence-electron chi connectivity index (χ3n) is 2.89. The zero-order valence-electron chi connectivity index (χ0n) is 9.40. The van der Waals surface area contributed by atoms with Crippen molar-refractivity contribution in [2.45, 2.75) is 38.8 Å². The Morgan fingerprint density at radius 2 is 2.27 bits per heavy atom. The van der Waals surface area contributed by atoms with E-state index in [9.17, 15) is 0 Å². The van der Waals surface area contributed by atoms with Gasteiger partial charge in [-0.1, -0.05) is 0 Å². The molecular formula is C12H19NOS. The minimum absolute atomic E-state index is 0.0659. The first-order valence-corrected chi connectivity index (χ1v) is 6.47. The van der Waals surface area contributed by atoms with E-state index in [1.165, 1.54) is 22.6 Å². The molecule has 0 bridgehead atoms. The molecule has 2 atom stereocenters. The third-order valence-corrected chi connectivity index (χ3v) is 3.99. The first-order valence-electron chi connectivity index (χ1n) is 5.66. The first-order chi connectivity index (χ1) is 7.22. The van der Waals surface area contributed by atoms with Crippen LogP contribution in [0.25, 0.3) is 0 Å². The van der Waals surface area contributed by atoms with Crippen LogP contribution < -0.4 is 5.73 Å². The molecule has 2 nitrogen and oxygen atoms in total. The highest BCUT2D eigenvalue weighted by molar-refractivity contribution is 7.12. The van der Waals surface area contributed by atoms with Crippen LogP contribution in [0.3, 0.4) is 0 Å². The van der Waals surface area contributed by atoms with Crippen molar-refractivity contribution in [3.63, 3.8) is 0 Å². The highest BCUT2D eigenvalue weighted by atomic mass is 32.1. The quantitative estimate of drug-likeness (QED) is 0.836. The van der Waals surface area contributed by atoms with Gasteiger partial charge in [0.05, 0.1) is 12.1 Å². The number of thiophene rings is 1. The summed E-state index contributed by atoms with van der Waals surface area (Å²) in [6.07, 6.45) is 2.79. The van der Waals surface area contributed by atoms with Crippen LogP contribution in [-0.4, -0.2) is 12.7 Å². The lowest BCUT2D eigenvalue weighted by atomic mass is 10.1. The molecular weight excluding hydrogens is 206 g/mol. The van der Waals surface area contributed by atoms with Crippen LogP contribution in [0.5, 0.6) is 0 Å². The molecule has 1 fully saturated rings. The fourth-order valence-electron chi connectivity index (χ4n) is 1.94. The average Bonchev–Trinajstić information content (AvgIpc) is 2.96. The number of ether oxygens (including phenoxy) is 1. The van der Waals surface area contributed by atoms with Crippen LogP contribution >= 0.6 is 11.3 Å². The van der Waals surface area contributed by atoms with Crippen LogP contribution in [0.4, 0.5) is 0 Å². The Bertz CT molecular complexity index is 319. The van der Waals surface area contributed by atoms with Gasteiger partial charge in [-0.25, -0.2) is 0 Å². The SMILES string of the molecule is CCOC(C1CC1)C(N)c1ccc(C)s1. The highest BCUT2D eigenvalue weighted by Gasteiger charge is 2.36. The molecule has 1 heterocycles. The Labute approximate surface area is 95.4 Å². The van der Waals surface area contributed by atoms with Gasteiger partial charge in [-0.2, -0.15) is 0 Å². The summed E-state index contributed by atoms with van der Waals surface area (Å²) in [4.78, 5) is 2.59. The molecule has 2 unspecified atom stereocenters. The monoisotopic (exact) mass is 225 g/mol. The Balaban J connectivity index is 2.06. The molecule has 0 aliphatic heterocycles. The van der Waals surface area contributed by atoms with Crippen molar-refractivity contribution in [3.05, 3.63) is 21.9 Å². The van der Waals surface area contributed by atoms with Gasteiger partial charge in [0.1, 0.15) is 0 Å². The summed E-state index contributed by atoms with van der Waals surface area (Å²) in [7, 11) is 0. The van der Waals surface area contributed by atoms with Gasteiger partial charge in [0.2, 0.25) is 0 Å². The lowest BCUT2D eigenvalue weighted by Crippen LogP contribution is -2.30. The molecule has 1 aromatic rings. The zero-order valence-corrected chi connectivity index (χ0v) is 10.2. The average molecular weight is 225 g/mol. The minimum Gasteiger partial charge on any atom is -0.376 e. The second-order valence-electron chi connectivity index (χ2n) is 4.23. The van der Waals surface area contributed by atoms with E-state index < -0.39 is 0 Å². The van der Waals surface area contributed by atoms with Gasteiger partial charge in [-0.3, -0.25) is 0 Å². The largest absolute Gasteiger partial charge is 0.376 e. The Hall–Kier alpha value is -0.380. The van der Waals surface area contributed by atoms with Crippen molar-refractivity contribution in [3.8, 4) is 0 Å². The molecule has 84 valence electrons. The van der Waals surface area contributed by atoms with E-state index in [1.54, 1.807) is 11.3 Å². The van der Waals surface area contributed by atoms with Gasteiger partial charge >= 0.3 is 0 Å². The van der Waals surface area contributed by atoms with Crippen molar-refractivity contribution in [1.82, 2.24) is 0 Å². The van der Waals surface area contributed by atoms with E-state index in [0.29, 0.717) is 5.92 Å². The number of rotatable bonds is 5. The summed E-state index contributed by atoms with van der Waals surface area (Å²) in [5.74, 6) is 0.697. The second kappa shape index (κ2) is 4.64. The lowest BCUT2D eigenvalue weighted by Gasteiger charge is -2.22. The zero-order chi connectivity index (χ0) is 10.8. The molecule has 0 saturated heterocycles. The van der Waals surface area contributed by atoms with Gasteiger partial charge in [0.15, 0.2) is 0 Å². The topological polar surface area (TPSA) is 35.2 Å². The van der Waals surface area contributed by atoms with Crippen molar-refractivity contribution in [2.75, 3.05) is 6.61 Å². The van der Waals surface area contributed by atoms with E-state index in [0.717, 1.165) is 6.61 Å². The molecule has 2 rings (SSSR count). The highest BCUT2D eigenvalue weighted by Crippen LogP contribution is 2.40. The fourth-order valence-corrected chi connectivity index (χ4v) is 2.86. The van der Waals surface area contributed by atoms with Crippen LogP contribution in [0, 0.1) is 12.8 Å². The molecule has 0 spiro atoms. The summed E-state index contributed by atoms with van der Waals surface area (Å²) in [6.45, 7) is 4.93. The Kier molecular flexibility index (Phi) is 3.44. The van der Waals surface area contributed by atoms with Crippen LogP contribution in [-0.2, 0) is 4.74 Å². The van der Waals surface area contributed by atoms with Crippen molar-refractivity contribution >= 4 is 11.3 Å². The molecule has 0 radical (unpaired) electrons. The minimum atomic E-state index is 0.0659. The molecule has 0 aromatic carbocycles. The predicted molar refractivity (Wildman–Crippen MR) is 64.1 cm³/mol. The lowest BCUT2D eigenvalue weighted by molar-refractivity contribution is 0.0291. The Morgan fingerprint density at radius 1 is 1.53 bits per heavy atom. The number of hydrogen-bond acceptors (Lipinski definition) is 3. The molecule has 1 aromatic heterocycles.